The summed E-state index contributed by atoms with van der Waals surface area (Å²) in [5.74, 6) is 0. The van der Waals surface area contributed by atoms with Gasteiger partial charge in [0.05, 0.1) is 0 Å². The molecule has 3 rings (SSSR count). The number of rotatable bonds is 0. The molecule has 2 heteroatoms. The second-order valence-electron chi connectivity index (χ2n) is 4.78. The van der Waals surface area contributed by atoms with Gasteiger partial charge in [-0.15, -0.1) is 0 Å². The average molecular weight is 203 g/mol. The van der Waals surface area contributed by atoms with E-state index in [1.165, 1.54) is 48.9 Å². The fourth-order valence-corrected chi connectivity index (χ4v) is 3.09. The quantitative estimate of drug-likeness (QED) is 0.644. The molecule has 15 heavy (non-hydrogen) atoms. The largest absolute Gasteiger partial charge is 0.326 e. The first-order chi connectivity index (χ1) is 7.36. The number of hydrogen-bond donors (Lipinski definition) is 1. The summed E-state index contributed by atoms with van der Waals surface area (Å²) in [5, 5.41) is 0. The van der Waals surface area contributed by atoms with Crippen LogP contribution in [0.4, 0.5) is 0 Å². The number of nitrogens with one attached hydrogen (secondary N) is 1. The fourth-order valence-electron chi connectivity index (χ4n) is 3.09. The van der Waals surface area contributed by atoms with Crippen molar-refractivity contribution in [1.29, 1.82) is 0 Å². The fraction of sp³-hybridized carbons (Fsp3) is 0.615. The maximum atomic E-state index is 11.8. The maximum absolute atomic E-state index is 11.8. The van der Waals surface area contributed by atoms with Crippen molar-refractivity contribution in [3.05, 3.63) is 32.7 Å². The van der Waals surface area contributed by atoms with Gasteiger partial charge in [0.15, 0.2) is 0 Å². The Bertz CT molecular complexity index is 445. The van der Waals surface area contributed by atoms with Crippen molar-refractivity contribution >= 4 is 0 Å². The van der Waals surface area contributed by atoms with Crippen LogP contribution in [0.3, 0.4) is 0 Å². The molecule has 1 N–H and O–H groups in total. The molecular formula is C13H17NO. The molecule has 0 aliphatic heterocycles. The van der Waals surface area contributed by atoms with E-state index in [9.17, 15) is 4.79 Å². The molecule has 0 radical (unpaired) electrons. The molecule has 0 unspecified atom stereocenters. The van der Waals surface area contributed by atoms with Crippen molar-refractivity contribution in [2.24, 2.45) is 0 Å². The molecule has 1 heterocycles. The first-order valence-electron chi connectivity index (χ1n) is 6.12. The Labute approximate surface area is 89.7 Å². The summed E-state index contributed by atoms with van der Waals surface area (Å²) in [5.41, 5.74) is 5.45. The lowest BCUT2D eigenvalue weighted by Gasteiger charge is -2.10. The highest BCUT2D eigenvalue weighted by atomic mass is 16.1. The van der Waals surface area contributed by atoms with Gasteiger partial charge in [-0.3, -0.25) is 4.79 Å². The van der Waals surface area contributed by atoms with Gasteiger partial charge in [-0.2, -0.15) is 0 Å². The Morgan fingerprint density at radius 1 is 0.733 bits per heavy atom. The lowest BCUT2D eigenvalue weighted by atomic mass is 9.99. The van der Waals surface area contributed by atoms with E-state index in [-0.39, 0.29) is 5.56 Å². The number of fused-ring (bicyclic) bond motifs is 3. The average Bonchev–Trinajstić information content (AvgIpc) is 2.60. The standard InChI is InChI=1S/C13H17NO/c15-13-11-7-4-6-9(11)10-5-2-1-3-8-12(10)14-13/h1-8H2,(H,14,15). The van der Waals surface area contributed by atoms with Crippen molar-refractivity contribution in [2.75, 3.05) is 0 Å². The second kappa shape index (κ2) is 3.51. The molecule has 1 aromatic heterocycles. The van der Waals surface area contributed by atoms with Crippen molar-refractivity contribution < 1.29 is 0 Å². The van der Waals surface area contributed by atoms with Crippen molar-refractivity contribution in [3.63, 3.8) is 0 Å². The van der Waals surface area contributed by atoms with Crippen LogP contribution >= 0.6 is 0 Å². The predicted octanol–water partition coefficient (Wildman–Crippen LogP) is 2.13. The van der Waals surface area contributed by atoms with Gasteiger partial charge in [-0.1, -0.05) is 6.42 Å². The lowest BCUT2D eigenvalue weighted by molar-refractivity contribution is 0.707. The number of hydrogen-bond acceptors (Lipinski definition) is 1. The maximum Gasteiger partial charge on any atom is 0.251 e. The van der Waals surface area contributed by atoms with E-state index in [1.807, 2.05) is 0 Å². The Hall–Kier alpha value is -1.05. The van der Waals surface area contributed by atoms with Gasteiger partial charge in [0.2, 0.25) is 0 Å². The summed E-state index contributed by atoms with van der Waals surface area (Å²) in [6.07, 6.45) is 9.43. The van der Waals surface area contributed by atoms with Crippen LogP contribution in [0.2, 0.25) is 0 Å². The Kier molecular flexibility index (Phi) is 2.15. The molecular weight excluding hydrogens is 186 g/mol. The summed E-state index contributed by atoms with van der Waals surface area (Å²) < 4.78 is 0. The minimum absolute atomic E-state index is 0.197. The van der Waals surface area contributed by atoms with E-state index in [2.05, 4.69) is 4.98 Å². The SMILES string of the molecule is O=c1[nH]c2c(c3c1CCC3)CCCCC2. The van der Waals surface area contributed by atoms with E-state index in [4.69, 9.17) is 0 Å². The second-order valence-corrected chi connectivity index (χ2v) is 4.78. The molecule has 0 aromatic carbocycles. The molecule has 0 atom stereocenters. The van der Waals surface area contributed by atoms with Crippen LogP contribution in [-0.2, 0) is 25.7 Å². The summed E-state index contributed by atoms with van der Waals surface area (Å²) in [6, 6.07) is 0. The van der Waals surface area contributed by atoms with E-state index >= 15 is 0 Å². The van der Waals surface area contributed by atoms with Gasteiger partial charge in [0, 0.05) is 11.3 Å². The van der Waals surface area contributed by atoms with Crippen LogP contribution in [0.15, 0.2) is 4.79 Å². The molecule has 0 bridgehead atoms. The number of aromatic nitrogens is 1. The van der Waals surface area contributed by atoms with Gasteiger partial charge in [0.1, 0.15) is 0 Å². The van der Waals surface area contributed by atoms with Gasteiger partial charge < -0.3 is 4.98 Å². The summed E-state index contributed by atoms with van der Waals surface area (Å²) in [6.45, 7) is 0. The van der Waals surface area contributed by atoms with Crippen LogP contribution in [-0.4, -0.2) is 4.98 Å². The van der Waals surface area contributed by atoms with Gasteiger partial charge in [0.25, 0.3) is 5.56 Å². The molecule has 2 aliphatic rings. The third-order valence-electron chi connectivity index (χ3n) is 3.84. The molecule has 80 valence electrons. The minimum Gasteiger partial charge on any atom is -0.326 e. The van der Waals surface area contributed by atoms with Crippen LogP contribution in [0.1, 0.15) is 48.1 Å². The number of H-pyrrole nitrogens is 1. The minimum atomic E-state index is 0.197. The highest BCUT2D eigenvalue weighted by Gasteiger charge is 2.21. The molecule has 1 aromatic rings. The van der Waals surface area contributed by atoms with E-state index in [0.29, 0.717) is 0 Å². The summed E-state index contributed by atoms with van der Waals surface area (Å²) >= 11 is 0. The Morgan fingerprint density at radius 2 is 1.47 bits per heavy atom. The van der Waals surface area contributed by atoms with Crippen LogP contribution in [0.5, 0.6) is 0 Å². The van der Waals surface area contributed by atoms with Gasteiger partial charge >= 0.3 is 0 Å². The topological polar surface area (TPSA) is 32.9 Å². The highest BCUT2D eigenvalue weighted by Crippen LogP contribution is 2.28. The third kappa shape index (κ3) is 1.43. The third-order valence-corrected chi connectivity index (χ3v) is 3.84. The van der Waals surface area contributed by atoms with Crippen LogP contribution < -0.4 is 5.56 Å². The van der Waals surface area contributed by atoms with Gasteiger partial charge in [-0.25, -0.2) is 0 Å². The van der Waals surface area contributed by atoms with E-state index in [0.717, 1.165) is 24.8 Å². The van der Waals surface area contributed by atoms with Crippen LogP contribution in [0.25, 0.3) is 0 Å². The van der Waals surface area contributed by atoms with Gasteiger partial charge in [-0.05, 0) is 56.1 Å². The zero-order valence-electron chi connectivity index (χ0n) is 9.07. The van der Waals surface area contributed by atoms with Crippen molar-refractivity contribution in [2.45, 2.75) is 51.4 Å². The zero-order valence-corrected chi connectivity index (χ0v) is 9.07. The molecule has 0 amide bonds. The van der Waals surface area contributed by atoms with E-state index in [1.54, 1.807) is 0 Å². The zero-order chi connectivity index (χ0) is 10.3. The van der Waals surface area contributed by atoms with Crippen LogP contribution in [0, 0.1) is 0 Å². The smallest absolute Gasteiger partial charge is 0.251 e. The predicted molar refractivity (Wildman–Crippen MR) is 60.3 cm³/mol. The number of aryl methyl sites for hydroxylation is 1. The Balaban J connectivity index is 2.21. The first-order valence-corrected chi connectivity index (χ1v) is 6.12. The summed E-state index contributed by atoms with van der Waals surface area (Å²) in [7, 11) is 0. The monoisotopic (exact) mass is 203 g/mol. The molecule has 0 spiro atoms. The van der Waals surface area contributed by atoms with Crippen molar-refractivity contribution in [1.82, 2.24) is 4.98 Å². The molecule has 0 saturated carbocycles. The molecule has 2 aliphatic carbocycles. The normalized spacial score (nSPS) is 19.5. The number of pyridine rings is 1. The number of aromatic amines is 1. The molecule has 2 nitrogen and oxygen atoms in total. The van der Waals surface area contributed by atoms with Crippen molar-refractivity contribution in [3.8, 4) is 0 Å². The Morgan fingerprint density at radius 3 is 2.40 bits per heavy atom. The molecule has 0 fully saturated rings. The van der Waals surface area contributed by atoms with E-state index < -0.39 is 0 Å². The molecule has 0 saturated heterocycles. The lowest BCUT2D eigenvalue weighted by Crippen LogP contribution is -2.17. The summed E-state index contributed by atoms with van der Waals surface area (Å²) in [4.78, 5) is 15.0. The highest BCUT2D eigenvalue weighted by molar-refractivity contribution is 5.40. The first kappa shape index (κ1) is 9.20.